The first-order chi connectivity index (χ1) is 5.95. The average Bonchev–Trinajstić information content (AvgIpc) is 2.17. The molecule has 0 spiro atoms. The number of aliphatic hydroxyl groups is 1. The highest BCUT2D eigenvalue weighted by Crippen LogP contribution is 2.29. The largest absolute Gasteiger partial charge is 0.389 e. The lowest BCUT2D eigenvalue weighted by Crippen LogP contribution is -2.41. The summed E-state index contributed by atoms with van der Waals surface area (Å²) in [5.41, 5.74) is -1.05. The molecule has 0 bridgehead atoms. The van der Waals surface area contributed by atoms with Gasteiger partial charge in [-0.25, -0.2) is 0 Å². The lowest BCUT2D eigenvalue weighted by atomic mass is 9.86. The van der Waals surface area contributed by atoms with Gasteiger partial charge < -0.3 is 9.84 Å². The van der Waals surface area contributed by atoms with Crippen molar-refractivity contribution in [3.05, 3.63) is 0 Å². The molecule has 0 aliphatic carbocycles. The summed E-state index contributed by atoms with van der Waals surface area (Å²) in [5.74, 6) is 0.266. The maximum absolute atomic E-state index is 10.0. The second kappa shape index (κ2) is 5.18. The zero-order chi connectivity index (χ0) is 10.5. The number of rotatable bonds is 6. The van der Waals surface area contributed by atoms with Crippen LogP contribution in [0.25, 0.3) is 0 Å². The highest BCUT2D eigenvalue weighted by molar-refractivity contribution is 6.18. The first kappa shape index (κ1) is 13.2. The van der Waals surface area contributed by atoms with Crippen molar-refractivity contribution in [2.75, 3.05) is 13.0 Å². The number of hydrogen-bond donors (Lipinski definition) is 1. The van der Waals surface area contributed by atoms with Crippen LogP contribution < -0.4 is 0 Å². The van der Waals surface area contributed by atoms with Crippen LogP contribution in [0.1, 0.15) is 40.0 Å². The second-order valence-corrected chi connectivity index (χ2v) is 4.16. The predicted octanol–water partition coefficient (Wildman–Crippen LogP) is 2.57. The molecule has 13 heavy (non-hydrogen) atoms. The molecule has 0 saturated heterocycles. The van der Waals surface area contributed by atoms with Gasteiger partial charge in [0, 0.05) is 13.5 Å². The molecular weight excluding hydrogens is 188 g/mol. The van der Waals surface area contributed by atoms with Crippen molar-refractivity contribution in [1.82, 2.24) is 0 Å². The van der Waals surface area contributed by atoms with Crippen molar-refractivity contribution in [2.24, 2.45) is 0 Å². The lowest BCUT2D eigenvalue weighted by Gasteiger charge is -2.35. The molecule has 0 saturated carbocycles. The van der Waals surface area contributed by atoms with Gasteiger partial charge in [0.25, 0.3) is 0 Å². The summed E-state index contributed by atoms with van der Waals surface area (Å²) in [4.78, 5) is 0. The van der Waals surface area contributed by atoms with Crippen LogP contribution in [0.15, 0.2) is 0 Å². The summed E-state index contributed by atoms with van der Waals surface area (Å²) in [5, 5.41) is 10.0. The van der Waals surface area contributed by atoms with Crippen molar-refractivity contribution in [3.63, 3.8) is 0 Å². The Balaban J connectivity index is 4.36. The molecule has 0 aliphatic rings. The van der Waals surface area contributed by atoms with Crippen LogP contribution >= 0.6 is 11.6 Å². The Morgan fingerprint density at radius 2 is 1.85 bits per heavy atom. The van der Waals surface area contributed by atoms with Crippen LogP contribution in [0.3, 0.4) is 0 Å². The van der Waals surface area contributed by atoms with E-state index in [1.165, 1.54) is 0 Å². The zero-order valence-electron chi connectivity index (χ0n) is 9.06. The maximum Gasteiger partial charge on any atom is 0.0807 e. The number of alkyl halides is 1. The first-order valence-corrected chi connectivity index (χ1v) is 5.32. The van der Waals surface area contributed by atoms with Gasteiger partial charge in [-0.2, -0.15) is 0 Å². The molecule has 2 nitrogen and oxygen atoms in total. The van der Waals surface area contributed by atoms with Crippen LogP contribution in [0.5, 0.6) is 0 Å². The molecule has 2 atom stereocenters. The Kier molecular flexibility index (Phi) is 5.26. The fourth-order valence-electron chi connectivity index (χ4n) is 1.30. The molecule has 80 valence electrons. The summed E-state index contributed by atoms with van der Waals surface area (Å²) in [6.45, 7) is 5.99. The van der Waals surface area contributed by atoms with Crippen LogP contribution in [-0.4, -0.2) is 29.3 Å². The molecule has 0 aliphatic heterocycles. The van der Waals surface area contributed by atoms with Crippen LogP contribution in [0, 0.1) is 0 Å². The number of ether oxygens (including phenoxy) is 1. The van der Waals surface area contributed by atoms with Gasteiger partial charge in [0.15, 0.2) is 0 Å². The average molecular weight is 209 g/mol. The molecular formula is C10H21ClO2. The van der Waals surface area contributed by atoms with E-state index in [4.69, 9.17) is 16.3 Å². The fraction of sp³-hybridized carbons (Fsp3) is 1.00. The van der Waals surface area contributed by atoms with E-state index in [1.54, 1.807) is 7.11 Å². The molecule has 3 heteroatoms. The molecule has 0 heterocycles. The van der Waals surface area contributed by atoms with Gasteiger partial charge in [0.05, 0.1) is 17.1 Å². The van der Waals surface area contributed by atoms with Crippen molar-refractivity contribution in [3.8, 4) is 0 Å². The molecule has 0 amide bonds. The van der Waals surface area contributed by atoms with Gasteiger partial charge in [-0.3, -0.25) is 0 Å². The van der Waals surface area contributed by atoms with E-state index in [0.29, 0.717) is 12.8 Å². The monoisotopic (exact) mass is 208 g/mol. The van der Waals surface area contributed by atoms with E-state index >= 15 is 0 Å². The molecule has 0 aromatic rings. The van der Waals surface area contributed by atoms with Gasteiger partial charge in [-0.05, 0) is 19.8 Å². The summed E-state index contributed by atoms with van der Waals surface area (Å²) >= 11 is 5.72. The Morgan fingerprint density at radius 3 is 2.08 bits per heavy atom. The Labute approximate surface area is 86.2 Å². The summed E-state index contributed by atoms with van der Waals surface area (Å²) in [6.07, 6.45) is 2.13. The molecule has 0 aromatic carbocycles. The van der Waals surface area contributed by atoms with Crippen LogP contribution in [0.4, 0.5) is 0 Å². The second-order valence-electron chi connectivity index (χ2n) is 3.90. The summed E-state index contributed by atoms with van der Waals surface area (Å²) in [6, 6.07) is 0. The SMILES string of the molecule is CCC(O)(CCl)CC(C)(CC)OC. The van der Waals surface area contributed by atoms with Crippen molar-refractivity contribution in [1.29, 1.82) is 0 Å². The molecule has 0 aromatic heterocycles. The minimum atomic E-state index is -0.789. The fourth-order valence-corrected chi connectivity index (χ4v) is 1.59. The standard InChI is InChI=1S/C10H21ClO2/c1-5-9(3,13-4)7-10(12,6-2)8-11/h12H,5-8H2,1-4H3. The van der Waals surface area contributed by atoms with Crippen LogP contribution in [0.2, 0.25) is 0 Å². The number of methoxy groups -OCH3 is 1. The van der Waals surface area contributed by atoms with Gasteiger partial charge in [-0.15, -0.1) is 11.6 Å². The molecule has 0 radical (unpaired) electrons. The maximum atomic E-state index is 10.0. The van der Waals surface area contributed by atoms with Crippen LogP contribution in [-0.2, 0) is 4.74 Å². The van der Waals surface area contributed by atoms with E-state index in [9.17, 15) is 5.11 Å². The van der Waals surface area contributed by atoms with E-state index in [1.807, 2.05) is 20.8 Å². The van der Waals surface area contributed by atoms with Gasteiger partial charge >= 0.3 is 0 Å². The molecule has 0 fully saturated rings. The molecule has 2 unspecified atom stereocenters. The van der Waals surface area contributed by atoms with Crippen molar-refractivity contribution >= 4 is 11.6 Å². The van der Waals surface area contributed by atoms with Crippen molar-refractivity contribution < 1.29 is 9.84 Å². The third-order valence-corrected chi connectivity index (χ3v) is 3.35. The minimum Gasteiger partial charge on any atom is -0.389 e. The van der Waals surface area contributed by atoms with Gasteiger partial charge in [0.1, 0.15) is 0 Å². The zero-order valence-corrected chi connectivity index (χ0v) is 9.82. The Bertz CT molecular complexity index is 124. The van der Waals surface area contributed by atoms with Crippen molar-refractivity contribution in [2.45, 2.75) is 51.2 Å². The van der Waals surface area contributed by atoms with E-state index in [2.05, 4.69) is 0 Å². The van der Waals surface area contributed by atoms with Gasteiger partial charge in [-0.1, -0.05) is 13.8 Å². The minimum absolute atomic E-state index is 0.264. The highest BCUT2D eigenvalue weighted by atomic mass is 35.5. The first-order valence-electron chi connectivity index (χ1n) is 4.79. The molecule has 1 N–H and O–H groups in total. The number of hydrogen-bond acceptors (Lipinski definition) is 2. The molecule has 0 rings (SSSR count). The van der Waals surface area contributed by atoms with E-state index in [-0.39, 0.29) is 11.5 Å². The van der Waals surface area contributed by atoms with E-state index < -0.39 is 5.60 Å². The van der Waals surface area contributed by atoms with Gasteiger partial charge in [0.2, 0.25) is 0 Å². The van der Waals surface area contributed by atoms with E-state index in [0.717, 1.165) is 6.42 Å². The smallest absolute Gasteiger partial charge is 0.0807 e. The third kappa shape index (κ3) is 3.84. The topological polar surface area (TPSA) is 29.5 Å². The normalized spacial score (nSPS) is 20.8. The summed E-state index contributed by atoms with van der Waals surface area (Å²) in [7, 11) is 1.67. The summed E-state index contributed by atoms with van der Waals surface area (Å²) < 4.78 is 5.37. The Hall–Kier alpha value is 0.210. The predicted molar refractivity (Wildman–Crippen MR) is 56.3 cm³/mol. The Morgan fingerprint density at radius 1 is 1.31 bits per heavy atom. The number of halogens is 1. The quantitative estimate of drug-likeness (QED) is 0.680. The highest BCUT2D eigenvalue weighted by Gasteiger charge is 2.34. The third-order valence-electron chi connectivity index (χ3n) is 2.85. The lowest BCUT2D eigenvalue weighted by molar-refractivity contribution is -0.0706.